The molecular formula is C24H28N2O2S. The molecule has 1 heterocycles. The summed E-state index contributed by atoms with van der Waals surface area (Å²) in [4.78, 5) is 15.4. The van der Waals surface area contributed by atoms with Gasteiger partial charge in [0.05, 0.1) is 12.6 Å². The lowest BCUT2D eigenvalue weighted by atomic mass is 9.89. The molecule has 4 nitrogen and oxygen atoms in total. The van der Waals surface area contributed by atoms with Crippen LogP contribution < -0.4 is 10.1 Å². The number of carbonyl (C=O) groups is 1. The van der Waals surface area contributed by atoms with Gasteiger partial charge in [-0.25, -0.2) is 0 Å². The van der Waals surface area contributed by atoms with E-state index in [1.54, 1.807) is 0 Å². The van der Waals surface area contributed by atoms with Gasteiger partial charge in [-0.05, 0) is 50.2 Å². The number of thiocarbonyl (C=S) groups is 1. The van der Waals surface area contributed by atoms with Gasteiger partial charge < -0.3 is 15.0 Å². The number of unbranched alkanes of at least 4 members (excludes halogenated alkanes) is 1. The summed E-state index contributed by atoms with van der Waals surface area (Å²) in [6.07, 6.45) is 2.10. The van der Waals surface area contributed by atoms with Crippen LogP contribution in [0.4, 0.5) is 0 Å². The maximum absolute atomic E-state index is 13.5. The molecule has 2 aromatic rings. The number of allylic oxidation sites excluding steroid dienone is 1. The van der Waals surface area contributed by atoms with Crippen molar-refractivity contribution < 1.29 is 9.53 Å². The van der Waals surface area contributed by atoms with Crippen molar-refractivity contribution in [2.75, 3.05) is 13.2 Å². The number of carbonyl (C=O) groups excluding carboxylic acids is 1. The first-order chi connectivity index (χ1) is 14.1. The first kappa shape index (κ1) is 21.1. The lowest BCUT2D eigenvalue weighted by Crippen LogP contribution is -2.47. The largest absolute Gasteiger partial charge is 0.494 e. The quantitative estimate of drug-likeness (QED) is 0.366. The summed E-state index contributed by atoms with van der Waals surface area (Å²) in [5, 5.41) is 4.02. The van der Waals surface area contributed by atoms with E-state index in [-0.39, 0.29) is 11.8 Å². The summed E-state index contributed by atoms with van der Waals surface area (Å²) in [7, 11) is 0. The van der Waals surface area contributed by atoms with E-state index in [1.165, 1.54) is 0 Å². The number of Topliss-reactive ketones (excluding diaryl/α,β-unsaturated/α-hetero) is 1. The number of benzene rings is 2. The van der Waals surface area contributed by atoms with Crippen molar-refractivity contribution in [3.8, 4) is 5.75 Å². The van der Waals surface area contributed by atoms with Gasteiger partial charge in [0.2, 0.25) is 0 Å². The molecule has 1 aliphatic heterocycles. The lowest BCUT2D eigenvalue weighted by Gasteiger charge is -2.37. The molecule has 1 N–H and O–H groups in total. The molecule has 0 amide bonds. The third-order valence-corrected chi connectivity index (χ3v) is 5.49. The van der Waals surface area contributed by atoms with Gasteiger partial charge in [0.25, 0.3) is 0 Å². The molecule has 3 rings (SSSR count). The zero-order valence-corrected chi connectivity index (χ0v) is 18.1. The number of hydrogen-bond donors (Lipinski definition) is 1. The molecule has 2 aromatic carbocycles. The normalized spacial score (nSPS) is 16.6. The molecule has 0 fully saturated rings. The van der Waals surface area contributed by atoms with Crippen molar-refractivity contribution in [3.63, 3.8) is 0 Å². The Morgan fingerprint density at radius 3 is 2.59 bits per heavy atom. The molecular weight excluding hydrogens is 380 g/mol. The van der Waals surface area contributed by atoms with E-state index < -0.39 is 0 Å². The number of nitrogens with zero attached hydrogens (tertiary/aromatic N) is 1. The Bertz CT molecular complexity index is 908. The fourth-order valence-electron chi connectivity index (χ4n) is 3.57. The second-order valence-corrected chi connectivity index (χ2v) is 7.48. The zero-order chi connectivity index (χ0) is 20.8. The maximum Gasteiger partial charge on any atom is 0.193 e. The van der Waals surface area contributed by atoms with Crippen molar-refractivity contribution in [2.24, 2.45) is 0 Å². The molecule has 0 saturated heterocycles. The fourth-order valence-corrected chi connectivity index (χ4v) is 3.95. The molecule has 1 atom stereocenters. The van der Waals surface area contributed by atoms with Crippen LogP contribution in [0.15, 0.2) is 65.9 Å². The smallest absolute Gasteiger partial charge is 0.193 e. The Morgan fingerprint density at radius 2 is 1.90 bits per heavy atom. The maximum atomic E-state index is 13.5. The molecule has 152 valence electrons. The van der Waals surface area contributed by atoms with Crippen molar-refractivity contribution in [1.29, 1.82) is 0 Å². The van der Waals surface area contributed by atoms with Crippen molar-refractivity contribution >= 4 is 23.1 Å². The first-order valence-corrected chi connectivity index (χ1v) is 10.6. The highest BCUT2D eigenvalue weighted by Gasteiger charge is 2.33. The van der Waals surface area contributed by atoms with Gasteiger partial charge in [0, 0.05) is 23.4 Å². The van der Waals surface area contributed by atoms with Crippen LogP contribution in [0, 0.1) is 0 Å². The molecule has 1 unspecified atom stereocenters. The monoisotopic (exact) mass is 408 g/mol. The van der Waals surface area contributed by atoms with E-state index >= 15 is 0 Å². The van der Waals surface area contributed by atoms with Crippen molar-refractivity contribution in [3.05, 3.63) is 77.0 Å². The van der Waals surface area contributed by atoms with Crippen LogP contribution in [0.3, 0.4) is 0 Å². The summed E-state index contributed by atoms with van der Waals surface area (Å²) in [6.45, 7) is 7.54. The van der Waals surface area contributed by atoms with E-state index in [4.69, 9.17) is 17.0 Å². The van der Waals surface area contributed by atoms with Crippen molar-refractivity contribution in [1.82, 2.24) is 10.2 Å². The van der Waals surface area contributed by atoms with Crippen LogP contribution >= 0.6 is 12.2 Å². The highest BCUT2D eigenvalue weighted by Crippen LogP contribution is 2.34. The fraction of sp³-hybridized carbons (Fsp3) is 0.333. The van der Waals surface area contributed by atoms with E-state index in [0.717, 1.165) is 35.4 Å². The van der Waals surface area contributed by atoms with Gasteiger partial charge in [0.15, 0.2) is 10.9 Å². The van der Waals surface area contributed by atoms with E-state index in [9.17, 15) is 4.79 Å². The molecule has 0 radical (unpaired) electrons. The number of rotatable bonds is 8. The lowest BCUT2D eigenvalue weighted by molar-refractivity contribution is 0.102. The van der Waals surface area contributed by atoms with Gasteiger partial charge in [0.1, 0.15) is 5.75 Å². The number of ether oxygens (including phenoxy) is 1. The average Bonchev–Trinajstić information content (AvgIpc) is 2.74. The third kappa shape index (κ3) is 4.67. The zero-order valence-electron chi connectivity index (χ0n) is 17.3. The summed E-state index contributed by atoms with van der Waals surface area (Å²) < 4.78 is 5.88. The average molecular weight is 409 g/mol. The Hall–Kier alpha value is -2.66. The van der Waals surface area contributed by atoms with Crippen LogP contribution in [0.2, 0.25) is 0 Å². The molecule has 5 heteroatoms. The van der Waals surface area contributed by atoms with Crippen LogP contribution in [-0.4, -0.2) is 28.9 Å². The van der Waals surface area contributed by atoms with E-state index in [1.807, 2.05) is 73.3 Å². The van der Waals surface area contributed by atoms with Gasteiger partial charge >= 0.3 is 0 Å². The minimum atomic E-state index is -0.312. The van der Waals surface area contributed by atoms with Gasteiger partial charge in [-0.2, -0.15) is 0 Å². The second-order valence-electron chi connectivity index (χ2n) is 7.10. The summed E-state index contributed by atoms with van der Waals surface area (Å²) in [5.41, 5.74) is 3.26. The summed E-state index contributed by atoms with van der Waals surface area (Å²) in [5.74, 6) is 0.824. The topological polar surface area (TPSA) is 41.6 Å². The Balaban J connectivity index is 2.02. The van der Waals surface area contributed by atoms with E-state index in [0.29, 0.717) is 23.8 Å². The summed E-state index contributed by atoms with van der Waals surface area (Å²) in [6, 6.07) is 17.0. The van der Waals surface area contributed by atoms with Crippen LogP contribution in [-0.2, 0) is 0 Å². The predicted molar refractivity (Wildman–Crippen MR) is 121 cm³/mol. The second kappa shape index (κ2) is 9.70. The standard InChI is InChI=1S/C24H28N2O2S/c1-4-6-15-28-20-14-10-13-19(16-20)22-21(17(3)26(5-2)24(29)25-22)23(27)18-11-8-7-9-12-18/h7-14,16,22H,4-6,15H2,1-3H3,(H,25,29). The van der Waals surface area contributed by atoms with Crippen LogP contribution in [0.25, 0.3) is 0 Å². The van der Waals surface area contributed by atoms with Crippen molar-refractivity contribution in [2.45, 2.75) is 39.7 Å². The SMILES string of the molecule is CCCCOc1cccc(C2NC(=S)N(CC)C(C)=C2C(=O)c2ccccc2)c1. The predicted octanol–water partition coefficient (Wildman–Crippen LogP) is 5.27. The highest BCUT2D eigenvalue weighted by atomic mass is 32.1. The first-order valence-electron chi connectivity index (χ1n) is 10.2. The number of ketones is 1. The Morgan fingerprint density at radius 1 is 1.14 bits per heavy atom. The molecule has 0 aromatic heterocycles. The third-order valence-electron chi connectivity index (χ3n) is 5.15. The molecule has 0 saturated carbocycles. The highest BCUT2D eigenvalue weighted by molar-refractivity contribution is 7.80. The number of nitrogens with one attached hydrogen (secondary N) is 1. The van der Waals surface area contributed by atoms with E-state index in [2.05, 4.69) is 12.2 Å². The summed E-state index contributed by atoms with van der Waals surface area (Å²) >= 11 is 5.59. The van der Waals surface area contributed by atoms with Gasteiger partial charge in [-0.15, -0.1) is 0 Å². The molecule has 0 spiro atoms. The van der Waals surface area contributed by atoms with Crippen LogP contribution in [0.1, 0.15) is 55.6 Å². The minimum Gasteiger partial charge on any atom is -0.494 e. The number of hydrogen-bond acceptors (Lipinski definition) is 3. The molecule has 29 heavy (non-hydrogen) atoms. The molecule has 0 bridgehead atoms. The molecule has 0 aliphatic carbocycles. The molecule has 1 aliphatic rings. The Kier molecular flexibility index (Phi) is 7.04. The minimum absolute atomic E-state index is 0.0128. The van der Waals surface area contributed by atoms with Gasteiger partial charge in [-0.3, -0.25) is 4.79 Å². The van der Waals surface area contributed by atoms with Crippen LogP contribution in [0.5, 0.6) is 5.75 Å². The van der Waals surface area contributed by atoms with Gasteiger partial charge in [-0.1, -0.05) is 55.8 Å². The Labute approximate surface area is 178 Å².